The van der Waals surface area contributed by atoms with Gasteiger partial charge in [0.25, 0.3) is 0 Å². The number of nitrogens with one attached hydrogen (secondary N) is 3. The maximum Gasteiger partial charge on any atom is 0.326 e. The molecule has 0 radical (unpaired) electrons. The number of amides is 3. The Morgan fingerprint density at radius 1 is 1.47 bits per heavy atom. The van der Waals surface area contributed by atoms with Crippen LogP contribution >= 0.6 is 0 Å². The van der Waals surface area contributed by atoms with Crippen molar-refractivity contribution in [3.05, 3.63) is 18.0 Å². The molecule has 2 atom stereocenters. The number of nitrogens with zero attached hydrogens (tertiary/aromatic N) is 1. The second kappa shape index (κ2) is 6.38. The summed E-state index contributed by atoms with van der Waals surface area (Å²) in [5.41, 5.74) is 5.63. The van der Waals surface area contributed by atoms with E-state index in [1.807, 2.05) is 0 Å². The predicted octanol–water partition coefficient (Wildman–Crippen LogP) is -0.901. The SMILES string of the molecule is CC(NC(=O)N[C@@H](CC(N)=O)C(=O)O)c1cn[nH]c1. The molecule has 0 spiro atoms. The average molecular weight is 269 g/mol. The van der Waals surface area contributed by atoms with Gasteiger partial charge in [-0.1, -0.05) is 0 Å². The molecule has 9 heteroatoms. The summed E-state index contributed by atoms with van der Waals surface area (Å²) in [4.78, 5) is 33.1. The first kappa shape index (κ1) is 14.5. The normalized spacial score (nSPS) is 13.3. The molecule has 0 bridgehead atoms. The van der Waals surface area contributed by atoms with Crippen molar-refractivity contribution in [2.75, 3.05) is 0 Å². The van der Waals surface area contributed by atoms with Gasteiger partial charge in [-0.2, -0.15) is 5.10 Å². The van der Waals surface area contributed by atoms with Gasteiger partial charge in [-0.3, -0.25) is 9.89 Å². The molecule has 0 aliphatic rings. The van der Waals surface area contributed by atoms with Gasteiger partial charge in [-0.25, -0.2) is 9.59 Å². The lowest BCUT2D eigenvalue weighted by Crippen LogP contribution is -2.48. The zero-order chi connectivity index (χ0) is 14.4. The number of primary amides is 1. The van der Waals surface area contributed by atoms with Crippen molar-refractivity contribution in [1.82, 2.24) is 20.8 Å². The molecule has 1 rings (SSSR count). The minimum Gasteiger partial charge on any atom is -0.480 e. The summed E-state index contributed by atoms with van der Waals surface area (Å²) in [6.07, 6.45) is 2.66. The van der Waals surface area contributed by atoms with Crippen LogP contribution in [0.1, 0.15) is 24.9 Å². The lowest BCUT2D eigenvalue weighted by atomic mass is 10.2. The molecule has 0 saturated carbocycles. The third-order valence-electron chi connectivity index (χ3n) is 2.38. The van der Waals surface area contributed by atoms with Crippen molar-refractivity contribution < 1.29 is 19.5 Å². The number of urea groups is 1. The first-order chi connectivity index (χ1) is 8.90. The van der Waals surface area contributed by atoms with Crippen molar-refractivity contribution in [2.24, 2.45) is 5.73 Å². The Labute approximate surface area is 108 Å². The van der Waals surface area contributed by atoms with Crippen LogP contribution in [0.2, 0.25) is 0 Å². The standard InChI is InChI=1S/C10H15N5O4/c1-5(6-3-12-13-4-6)14-10(19)15-7(9(17)18)2-8(11)16/h3-5,7H,2H2,1H3,(H2,11,16)(H,12,13)(H,17,18)(H2,14,15,19)/t5?,7-/m0/s1. The van der Waals surface area contributed by atoms with Gasteiger partial charge in [-0.15, -0.1) is 0 Å². The van der Waals surface area contributed by atoms with Gasteiger partial charge < -0.3 is 21.5 Å². The number of aliphatic carboxylic acids is 1. The van der Waals surface area contributed by atoms with Crippen LogP contribution in [0.3, 0.4) is 0 Å². The molecule has 0 saturated heterocycles. The molecular weight excluding hydrogens is 254 g/mol. The van der Waals surface area contributed by atoms with Crippen molar-refractivity contribution in [3.63, 3.8) is 0 Å². The molecule has 0 fully saturated rings. The Kier molecular flexibility index (Phi) is 4.86. The number of nitrogens with two attached hydrogens (primary N) is 1. The zero-order valence-corrected chi connectivity index (χ0v) is 10.2. The van der Waals surface area contributed by atoms with Crippen LogP contribution in [0.5, 0.6) is 0 Å². The molecular formula is C10H15N5O4. The fourth-order valence-electron chi connectivity index (χ4n) is 1.38. The number of hydrogen-bond acceptors (Lipinski definition) is 4. The van der Waals surface area contributed by atoms with Crippen LogP contribution in [-0.2, 0) is 9.59 Å². The number of H-pyrrole nitrogens is 1. The fraction of sp³-hybridized carbons (Fsp3) is 0.400. The second-order valence-corrected chi connectivity index (χ2v) is 3.93. The molecule has 0 aliphatic carbocycles. The van der Waals surface area contributed by atoms with Crippen molar-refractivity contribution in [1.29, 1.82) is 0 Å². The van der Waals surface area contributed by atoms with Crippen LogP contribution in [-0.4, -0.2) is 39.3 Å². The number of aromatic amines is 1. The molecule has 1 unspecified atom stereocenters. The van der Waals surface area contributed by atoms with Crippen molar-refractivity contribution in [2.45, 2.75) is 25.4 Å². The van der Waals surface area contributed by atoms with Crippen LogP contribution in [0, 0.1) is 0 Å². The number of carboxylic acids is 1. The lowest BCUT2D eigenvalue weighted by Gasteiger charge is -2.16. The number of rotatable bonds is 6. The average Bonchev–Trinajstić information content (AvgIpc) is 2.80. The highest BCUT2D eigenvalue weighted by molar-refractivity contribution is 5.87. The van der Waals surface area contributed by atoms with E-state index in [1.54, 1.807) is 13.1 Å². The Hall–Kier alpha value is -2.58. The van der Waals surface area contributed by atoms with Gasteiger partial charge in [-0.05, 0) is 6.92 Å². The highest BCUT2D eigenvalue weighted by Crippen LogP contribution is 2.08. The molecule has 9 nitrogen and oxygen atoms in total. The lowest BCUT2D eigenvalue weighted by molar-refractivity contribution is -0.140. The predicted molar refractivity (Wildman–Crippen MR) is 63.9 cm³/mol. The number of hydrogen-bond donors (Lipinski definition) is 5. The molecule has 1 aromatic rings. The smallest absolute Gasteiger partial charge is 0.326 e. The van der Waals surface area contributed by atoms with E-state index in [0.29, 0.717) is 0 Å². The monoisotopic (exact) mass is 269 g/mol. The molecule has 3 amide bonds. The molecule has 0 aromatic carbocycles. The summed E-state index contributed by atoms with van der Waals surface area (Å²) in [6.45, 7) is 1.70. The Morgan fingerprint density at radius 2 is 2.16 bits per heavy atom. The van der Waals surface area contributed by atoms with Crippen molar-refractivity contribution in [3.8, 4) is 0 Å². The largest absolute Gasteiger partial charge is 0.480 e. The van der Waals surface area contributed by atoms with Gasteiger partial charge in [0.15, 0.2) is 0 Å². The van der Waals surface area contributed by atoms with Gasteiger partial charge in [0.05, 0.1) is 18.7 Å². The molecule has 0 aliphatic heterocycles. The van der Waals surface area contributed by atoms with E-state index in [4.69, 9.17) is 10.8 Å². The van der Waals surface area contributed by atoms with Gasteiger partial charge in [0, 0.05) is 11.8 Å². The summed E-state index contributed by atoms with van der Waals surface area (Å²) in [5, 5.41) is 19.8. The van der Waals surface area contributed by atoms with Gasteiger partial charge >= 0.3 is 12.0 Å². The first-order valence-corrected chi connectivity index (χ1v) is 5.47. The van der Waals surface area contributed by atoms with Crippen LogP contribution < -0.4 is 16.4 Å². The maximum absolute atomic E-state index is 11.6. The molecule has 1 aromatic heterocycles. The van der Waals surface area contributed by atoms with E-state index in [2.05, 4.69) is 20.8 Å². The fourth-order valence-corrected chi connectivity index (χ4v) is 1.38. The summed E-state index contributed by atoms with van der Waals surface area (Å²) < 4.78 is 0. The number of carboxylic acid groups (broad SMARTS) is 1. The first-order valence-electron chi connectivity index (χ1n) is 5.47. The van der Waals surface area contributed by atoms with E-state index in [-0.39, 0.29) is 6.04 Å². The highest BCUT2D eigenvalue weighted by atomic mass is 16.4. The van der Waals surface area contributed by atoms with Crippen LogP contribution in [0.4, 0.5) is 4.79 Å². The molecule has 19 heavy (non-hydrogen) atoms. The second-order valence-electron chi connectivity index (χ2n) is 3.93. The quantitative estimate of drug-likeness (QED) is 0.453. The summed E-state index contributed by atoms with van der Waals surface area (Å²) in [7, 11) is 0. The Morgan fingerprint density at radius 3 is 2.63 bits per heavy atom. The minimum absolute atomic E-state index is 0.359. The molecule has 104 valence electrons. The van der Waals surface area contributed by atoms with E-state index in [9.17, 15) is 14.4 Å². The van der Waals surface area contributed by atoms with Crippen LogP contribution in [0.15, 0.2) is 12.4 Å². The van der Waals surface area contributed by atoms with Crippen molar-refractivity contribution >= 4 is 17.9 Å². The summed E-state index contributed by atoms with van der Waals surface area (Å²) in [6, 6.07) is -2.42. The zero-order valence-electron chi connectivity index (χ0n) is 10.2. The topological polar surface area (TPSA) is 150 Å². The number of carbonyl (C=O) groups excluding carboxylic acids is 2. The third kappa shape index (κ3) is 4.66. The number of aromatic nitrogens is 2. The van der Waals surface area contributed by atoms with Crippen LogP contribution in [0.25, 0.3) is 0 Å². The van der Waals surface area contributed by atoms with E-state index in [0.717, 1.165) is 5.56 Å². The van der Waals surface area contributed by atoms with E-state index in [1.165, 1.54) is 6.20 Å². The number of carbonyl (C=O) groups is 3. The molecule has 1 heterocycles. The summed E-state index contributed by atoms with van der Waals surface area (Å²) >= 11 is 0. The Balaban J connectivity index is 2.53. The minimum atomic E-state index is -1.35. The van der Waals surface area contributed by atoms with Gasteiger partial charge in [0.2, 0.25) is 5.91 Å². The van der Waals surface area contributed by atoms with E-state index >= 15 is 0 Å². The maximum atomic E-state index is 11.6. The van der Waals surface area contributed by atoms with Gasteiger partial charge in [0.1, 0.15) is 6.04 Å². The summed E-state index contributed by atoms with van der Waals surface area (Å²) in [5.74, 6) is -2.14. The highest BCUT2D eigenvalue weighted by Gasteiger charge is 2.22. The van der Waals surface area contributed by atoms with E-state index < -0.39 is 30.4 Å². The third-order valence-corrected chi connectivity index (χ3v) is 2.38. The Bertz CT molecular complexity index is 458. The molecule has 6 N–H and O–H groups in total.